The van der Waals surface area contributed by atoms with Crippen LogP contribution in [0.2, 0.25) is 0 Å². The van der Waals surface area contributed by atoms with Crippen LogP contribution in [0, 0.1) is 0 Å². The van der Waals surface area contributed by atoms with Gasteiger partial charge in [-0.2, -0.15) is 18.3 Å². The van der Waals surface area contributed by atoms with Gasteiger partial charge in [0, 0.05) is 6.04 Å². The van der Waals surface area contributed by atoms with Crippen LogP contribution in [0.15, 0.2) is 6.20 Å². The van der Waals surface area contributed by atoms with E-state index in [4.69, 9.17) is 0 Å². The van der Waals surface area contributed by atoms with Gasteiger partial charge in [0.05, 0.1) is 17.8 Å². The topological polar surface area (TPSA) is 46.9 Å². The fourth-order valence-corrected chi connectivity index (χ4v) is 2.21. The smallest absolute Gasteiger partial charge is 0.349 e. The zero-order valence-corrected chi connectivity index (χ0v) is 10.2. The minimum Gasteiger partial charge on any atom is -0.349 e. The number of carbonyl (C=O) groups is 1. The van der Waals surface area contributed by atoms with Gasteiger partial charge in [0.1, 0.15) is 0 Å². The summed E-state index contributed by atoms with van der Waals surface area (Å²) in [7, 11) is 0. The van der Waals surface area contributed by atoms with Crippen LogP contribution >= 0.6 is 0 Å². The summed E-state index contributed by atoms with van der Waals surface area (Å²) >= 11 is 0. The number of hydrogen-bond donors (Lipinski definition) is 1. The average molecular weight is 273 g/mol. The molecule has 2 saturated carbocycles. The van der Waals surface area contributed by atoms with Crippen LogP contribution in [0.1, 0.15) is 54.2 Å². The van der Waals surface area contributed by atoms with Gasteiger partial charge in [0.25, 0.3) is 5.91 Å². The third-order valence-corrected chi connectivity index (χ3v) is 3.64. The number of halogens is 3. The molecule has 3 rings (SSSR count). The van der Waals surface area contributed by atoms with E-state index in [0.29, 0.717) is 12.8 Å². The van der Waals surface area contributed by atoms with Gasteiger partial charge in [-0.15, -0.1) is 0 Å². The highest BCUT2D eigenvalue weighted by atomic mass is 19.4. The zero-order valence-electron chi connectivity index (χ0n) is 10.2. The molecule has 0 bridgehead atoms. The van der Waals surface area contributed by atoms with Gasteiger partial charge in [-0.25, -0.2) is 0 Å². The molecule has 0 spiro atoms. The van der Waals surface area contributed by atoms with Gasteiger partial charge >= 0.3 is 6.18 Å². The molecule has 2 aliphatic rings. The number of alkyl halides is 3. The highest BCUT2D eigenvalue weighted by molar-refractivity contribution is 5.95. The zero-order chi connectivity index (χ0) is 13.6. The number of carbonyl (C=O) groups excluding carboxylic acids is 1. The highest BCUT2D eigenvalue weighted by Crippen LogP contribution is 2.39. The molecule has 19 heavy (non-hydrogen) atoms. The van der Waals surface area contributed by atoms with E-state index in [2.05, 4.69) is 10.4 Å². The predicted molar refractivity (Wildman–Crippen MR) is 60.6 cm³/mol. The quantitative estimate of drug-likeness (QED) is 0.919. The molecule has 104 valence electrons. The molecule has 1 aromatic rings. The van der Waals surface area contributed by atoms with Crippen LogP contribution < -0.4 is 5.32 Å². The van der Waals surface area contributed by atoms with E-state index in [9.17, 15) is 18.0 Å². The number of nitrogens with one attached hydrogen (secondary N) is 1. The van der Waals surface area contributed by atoms with Gasteiger partial charge in [-0.3, -0.25) is 9.48 Å². The minimum absolute atomic E-state index is 0.0284. The molecule has 2 fully saturated rings. The van der Waals surface area contributed by atoms with Gasteiger partial charge < -0.3 is 5.32 Å². The van der Waals surface area contributed by atoms with Gasteiger partial charge in [-0.05, 0) is 32.1 Å². The second-order valence-corrected chi connectivity index (χ2v) is 5.18. The monoisotopic (exact) mass is 273 g/mol. The Morgan fingerprint density at radius 1 is 1.32 bits per heavy atom. The van der Waals surface area contributed by atoms with E-state index in [1.807, 2.05) is 0 Å². The van der Waals surface area contributed by atoms with E-state index in [0.717, 1.165) is 30.1 Å². The molecule has 1 N–H and O–H groups in total. The Hall–Kier alpha value is -1.53. The highest BCUT2D eigenvalue weighted by Gasteiger charge is 2.42. The molecule has 1 aromatic heterocycles. The lowest BCUT2D eigenvalue weighted by Crippen LogP contribution is -2.30. The molecule has 7 heteroatoms. The van der Waals surface area contributed by atoms with Crippen molar-refractivity contribution in [3.05, 3.63) is 17.5 Å². The fourth-order valence-electron chi connectivity index (χ4n) is 2.21. The van der Waals surface area contributed by atoms with E-state index < -0.39 is 17.8 Å². The molecule has 0 aromatic carbocycles. The Morgan fingerprint density at radius 3 is 2.47 bits per heavy atom. The van der Waals surface area contributed by atoms with Crippen molar-refractivity contribution >= 4 is 5.91 Å². The number of aromatic nitrogens is 2. The van der Waals surface area contributed by atoms with Crippen LogP contribution in [0.5, 0.6) is 0 Å². The lowest BCUT2D eigenvalue weighted by molar-refractivity contribution is -0.146. The van der Waals surface area contributed by atoms with Crippen molar-refractivity contribution in [3.8, 4) is 0 Å². The van der Waals surface area contributed by atoms with Crippen LogP contribution in [0.3, 0.4) is 0 Å². The van der Waals surface area contributed by atoms with Gasteiger partial charge in [0.2, 0.25) is 0 Å². The summed E-state index contributed by atoms with van der Waals surface area (Å²) in [6.45, 7) is 0. The summed E-state index contributed by atoms with van der Waals surface area (Å²) in [6.07, 6.45) is 0.448. The molecule has 4 nitrogen and oxygen atoms in total. The van der Waals surface area contributed by atoms with Crippen molar-refractivity contribution in [2.45, 2.75) is 50.4 Å². The van der Waals surface area contributed by atoms with Crippen LogP contribution in [-0.2, 0) is 6.18 Å². The first kappa shape index (κ1) is 12.5. The van der Waals surface area contributed by atoms with Crippen LogP contribution in [0.25, 0.3) is 0 Å². The third-order valence-electron chi connectivity index (χ3n) is 3.64. The fraction of sp³-hybridized carbons (Fsp3) is 0.667. The van der Waals surface area contributed by atoms with Crippen molar-refractivity contribution in [2.75, 3.05) is 0 Å². The molecule has 0 unspecified atom stereocenters. The van der Waals surface area contributed by atoms with Gasteiger partial charge in [0.15, 0.2) is 5.69 Å². The predicted octanol–water partition coefficient (Wildman–Crippen LogP) is 2.52. The molecular weight excluding hydrogens is 259 g/mol. The summed E-state index contributed by atoms with van der Waals surface area (Å²) < 4.78 is 40.4. The number of nitrogens with zero attached hydrogens (tertiary/aromatic N) is 2. The Balaban J connectivity index is 1.93. The Kier molecular flexibility index (Phi) is 2.79. The second kappa shape index (κ2) is 4.25. The maximum absolute atomic E-state index is 13.1. The Bertz CT molecular complexity index is 501. The maximum atomic E-state index is 13.1. The summed E-state index contributed by atoms with van der Waals surface area (Å²) in [5, 5.41) is 6.37. The van der Waals surface area contributed by atoms with Crippen LogP contribution in [0.4, 0.5) is 13.2 Å². The first-order valence-corrected chi connectivity index (χ1v) is 6.42. The van der Waals surface area contributed by atoms with Crippen molar-refractivity contribution < 1.29 is 18.0 Å². The lowest BCUT2D eigenvalue weighted by Gasteiger charge is -2.28. The molecule has 0 saturated heterocycles. The van der Waals surface area contributed by atoms with Crippen molar-refractivity contribution in [1.29, 1.82) is 0 Å². The average Bonchev–Trinajstić information content (AvgIpc) is 2.91. The Morgan fingerprint density at radius 2 is 2.00 bits per heavy atom. The third kappa shape index (κ3) is 2.33. The van der Waals surface area contributed by atoms with Crippen molar-refractivity contribution in [3.63, 3.8) is 0 Å². The molecule has 0 atom stereocenters. The van der Waals surface area contributed by atoms with Crippen molar-refractivity contribution in [1.82, 2.24) is 15.1 Å². The number of rotatable bonds is 3. The molecule has 1 heterocycles. The first-order valence-electron chi connectivity index (χ1n) is 6.42. The molecule has 0 radical (unpaired) electrons. The Labute approximate surface area is 108 Å². The van der Waals surface area contributed by atoms with E-state index in [1.54, 1.807) is 0 Å². The molecular formula is C12H14F3N3O. The molecule has 0 aliphatic heterocycles. The number of hydrogen-bond acceptors (Lipinski definition) is 2. The van der Waals surface area contributed by atoms with E-state index >= 15 is 0 Å². The summed E-state index contributed by atoms with van der Waals surface area (Å²) in [4.78, 5) is 11.8. The summed E-state index contributed by atoms with van der Waals surface area (Å²) in [5.41, 5.74) is -1.26. The summed E-state index contributed by atoms with van der Waals surface area (Å²) in [6, 6.07) is -0.195. The lowest BCUT2D eigenvalue weighted by atomic mass is 9.93. The number of amides is 1. The van der Waals surface area contributed by atoms with Crippen LogP contribution in [-0.4, -0.2) is 21.7 Å². The van der Waals surface area contributed by atoms with Crippen molar-refractivity contribution in [2.24, 2.45) is 0 Å². The van der Waals surface area contributed by atoms with E-state index in [-0.39, 0.29) is 17.6 Å². The standard InChI is InChI=1S/C12H14F3N3O/c13-12(14,15)10-9(11(19)17-7-4-5-7)6-16-18(10)8-2-1-3-8/h6-8H,1-5H2,(H,17,19). The largest absolute Gasteiger partial charge is 0.433 e. The maximum Gasteiger partial charge on any atom is 0.433 e. The minimum atomic E-state index is -4.55. The molecule has 1 amide bonds. The SMILES string of the molecule is O=C(NC1CC1)c1cnn(C2CCC2)c1C(F)(F)F. The summed E-state index contributed by atoms with van der Waals surface area (Å²) in [5.74, 6) is -0.666. The van der Waals surface area contributed by atoms with Gasteiger partial charge in [-0.1, -0.05) is 0 Å². The normalized spacial score (nSPS) is 20.2. The first-order chi connectivity index (χ1) is 8.97. The second-order valence-electron chi connectivity index (χ2n) is 5.18. The molecule has 2 aliphatic carbocycles. The van der Waals surface area contributed by atoms with E-state index in [1.165, 1.54) is 0 Å².